The quantitative estimate of drug-likeness (QED) is 0.132. The van der Waals surface area contributed by atoms with Crippen LogP contribution in [-0.2, 0) is 22.7 Å². The summed E-state index contributed by atoms with van der Waals surface area (Å²) in [6.45, 7) is 7.07. The van der Waals surface area contributed by atoms with E-state index in [1.54, 1.807) is 42.5 Å². The van der Waals surface area contributed by atoms with Gasteiger partial charge in [0.1, 0.15) is 29.6 Å². The molecule has 0 aliphatic carbocycles. The number of rotatable bonds is 10. The molecular formula is C34H33NO6. The molecule has 1 N–H and O–H groups in total. The number of aryl methyl sites for hydroxylation is 1. The third kappa shape index (κ3) is 6.19. The third-order valence-corrected chi connectivity index (χ3v) is 6.91. The molecule has 1 aromatic heterocycles. The van der Waals surface area contributed by atoms with Gasteiger partial charge in [0, 0.05) is 5.56 Å². The first-order valence-electron chi connectivity index (χ1n) is 13.6. The second-order valence-electron chi connectivity index (χ2n) is 10.5. The topological polar surface area (TPSA) is 89.2 Å². The first kappa shape index (κ1) is 27.8. The lowest BCUT2D eigenvalue weighted by Gasteiger charge is -2.24. The van der Waals surface area contributed by atoms with Crippen molar-refractivity contribution >= 4 is 17.4 Å². The van der Waals surface area contributed by atoms with E-state index in [9.17, 15) is 14.7 Å². The number of hydrogen-bond acceptors (Lipinski definition) is 6. The summed E-state index contributed by atoms with van der Waals surface area (Å²) in [5, 5.41) is 11.5. The number of aliphatic hydroxyl groups is 1. The van der Waals surface area contributed by atoms with Crippen LogP contribution in [-0.4, -0.2) is 28.3 Å². The van der Waals surface area contributed by atoms with E-state index in [0.717, 1.165) is 11.1 Å². The van der Waals surface area contributed by atoms with E-state index in [0.29, 0.717) is 47.5 Å². The monoisotopic (exact) mass is 551 g/mol. The normalized spacial score (nSPS) is 16.4. The minimum atomic E-state index is -0.819. The summed E-state index contributed by atoms with van der Waals surface area (Å²) < 4.78 is 17.3. The summed E-state index contributed by atoms with van der Waals surface area (Å²) in [7, 11) is 0. The van der Waals surface area contributed by atoms with Crippen molar-refractivity contribution in [3.63, 3.8) is 0 Å². The van der Waals surface area contributed by atoms with Gasteiger partial charge in [-0.1, -0.05) is 56.3 Å². The Morgan fingerprint density at radius 3 is 2.37 bits per heavy atom. The molecule has 2 heterocycles. The summed E-state index contributed by atoms with van der Waals surface area (Å²) in [5.74, 6) is 0.555. The predicted molar refractivity (Wildman–Crippen MR) is 155 cm³/mol. The number of carbonyl (C=O) groups is 2. The number of furan rings is 1. The maximum absolute atomic E-state index is 13.4. The predicted octanol–water partition coefficient (Wildman–Crippen LogP) is 6.82. The highest BCUT2D eigenvalue weighted by molar-refractivity contribution is 6.46. The van der Waals surface area contributed by atoms with Crippen LogP contribution in [0.4, 0.5) is 0 Å². The average Bonchev–Trinajstić information content (AvgIpc) is 3.58. The van der Waals surface area contributed by atoms with Crippen molar-refractivity contribution in [2.24, 2.45) is 5.92 Å². The van der Waals surface area contributed by atoms with Crippen LogP contribution in [0, 0.1) is 12.8 Å². The van der Waals surface area contributed by atoms with Gasteiger partial charge in [-0.2, -0.15) is 0 Å². The molecule has 3 aromatic carbocycles. The number of Topliss-reactive ketones (excluding diaryl/α,β-unsaturated/α-hetero) is 1. The molecule has 1 atom stereocenters. The maximum Gasteiger partial charge on any atom is 0.296 e. The number of ether oxygens (including phenoxy) is 2. The second-order valence-corrected chi connectivity index (χ2v) is 10.5. The Balaban J connectivity index is 1.49. The van der Waals surface area contributed by atoms with Crippen LogP contribution in [0.2, 0.25) is 0 Å². The number of nitrogens with zero attached hydrogens (tertiary/aromatic N) is 1. The van der Waals surface area contributed by atoms with Crippen molar-refractivity contribution in [3.05, 3.63) is 125 Å². The number of aliphatic hydroxyl groups excluding tert-OH is 1. The minimum Gasteiger partial charge on any atom is -0.507 e. The molecular weight excluding hydrogens is 518 g/mol. The van der Waals surface area contributed by atoms with Gasteiger partial charge in [-0.3, -0.25) is 9.59 Å². The lowest BCUT2D eigenvalue weighted by Crippen LogP contribution is -2.29. The van der Waals surface area contributed by atoms with Crippen LogP contribution in [0.5, 0.6) is 11.5 Å². The Morgan fingerprint density at radius 2 is 1.71 bits per heavy atom. The lowest BCUT2D eigenvalue weighted by atomic mass is 9.94. The molecule has 4 aromatic rings. The first-order valence-corrected chi connectivity index (χ1v) is 13.6. The number of ketones is 1. The van der Waals surface area contributed by atoms with Gasteiger partial charge >= 0.3 is 0 Å². The molecule has 0 spiro atoms. The summed E-state index contributed by atoms with van der Waals surface area (Å²) >= 11 is 0. The van der Waals surface area contributed by atoms with Crippen molar-refractivity contribution in [3.8, 4) is 11.5 Å². The highest BCUT2D eigenvalue weighted by Crippen LogP contribution is 2.41. The smallest absolute Gasteiger partial charge is 0.296 e. The Hall–Kier alpha value is -4.78. The zero-order valence-electron chi connectivity index (χ0n) is 23.4. The molecule has 1 fully saturated rings. The van der Waals surface area contributed by atoms with Crippen molar-refractivity contribution < 1.29 is 28.6 Å². The van der Waals surface area contributed by atoms with Gasteiger partial charge in [-0.25, -0.2) is 0 Å². The molecule has 1 aliphatic rings. The molecule has 210 valence electrons. The summed E-state index contributed by atoms with van der Waals surface area (Å²) in [5.41, 5.74) is 2.98. The second kappa shape index (κ2) is 12.2. The molecule has 0 bridgehead atoms. The molecule has 0 radical (unpaired) electrons. The summed E-state index contributed by atoms with van der Waals surface area (Å²) in [6.07, 6.45) is 1.52. The summed E-state index contributed by atoms with van der Waals surface area (Å²) in [4.78, 5) is 28.1. The number of amides is 1. The van der Waals surface area contributed by atoms with Crippen molar-refractivity contribution in [2.75, 3.05) is 6.61 Å². The highest BCUT2D eigenvalue weighted by atomic mass is 16.5. The van der Waals surface area contributed by atoms with Crippen molar-refractivity contribution in [1.29, 1.82) is 0 Å². The van der Waals surface area contributed by atoms with E-state index >= 15 is 0 Å². The largest absolute Gasteiger partial charge is 0.507 e. The third-order valence-electron chi connectivity index (χ3n) is 6.91. The van der Waals surface area contributed by atoms with Gasteiger partial charge < -0.3 is 23.9 Å². The van der Waals surface area contributed by atoms with Crippen molar-refractivity contribution in [1.82, 2.24) is 4.90 Å². The van der Waals surface area contributed by atoms with Gasteiger partial charge in [0.15, 0.2) is 0 Å². The zero-order valence-corrected chi connectivity index (χ0v) is 23.4. The van der Waals surface area contributed by atoms with Crippen molar-refractivity contribution in [2.45, 2.75) is 40.0 Å². The van der Waals surface area contributed by atoms with Crippen LogP contribution < -0.4 is 9.47 Å². The minimum absolute atomic E-state index is 0.0229. The van der Waals surface area contributed by atoms with Crippen LogP contribution in [0.3, 0.4) is 0 Å². The fraction of sp³-hybridized carbons (Fsp3) is 0.235. The van der Waals surface area contributed by atoms with Gasteiger partial charge in [-0.15, -0.1) is 0 Å². The number of hydrogen-bond donors (Lipinski definition) is 1. The average molecular weight is 552 g/mol. The Bertz CT molecular complexity index is 1540. The van der Waals surface area contributed by atoms with Gasteiger partial charge in [-0.05, 0) is 72.0 Å². The lowest BCUT2D eigenvalue weighted by molar-refractivity contribution is -0.140. The van der Waals surface area contributed by atoms with E-state index < -0.39 is 17.7 Å². The van der Waals surface area contributed by atoms with Gasteiger partial charge in [0.25, 0.3) is 11.7 Å². The number of likely N-dealkylation sites (tertiary alicyclic amines) is 1. The molecule has 5 rings (SSSR count). The summed E-state index contributed by atoms with van der Waals surface area (Å²) in [6, 6.07) is 25.0. The van der Waals surface area contributed by atoms with Crippen LogP contribution in [0.1, 0.15) is 47.9 Å². The van der Waals surface area contributed by atoms with E-state index in [1.165, 1.54) is 11.2 Å². The fourth-order valence-corrected chi connectivity index (χ4v) is 4.82. The van der Waals surface area contributed by atoms with E-state index in [-0.39, 0.29) is 17.9 Å². The fourth-order valence-electron chi connectivity index (χ4n) is 4.82. The first-order chi connectivity index (χ1) is 19.8. The molecule has 0 saturated carbocycles. The molecule has 7 heteroatoms. The highest BCUT2D eigenvalue weighted by Gasteiger charge is 2.46. The maximum atomic E-state index is 13.4. The molecule has 1 unspecified atom stereocenters. The van der Waals surface area contributed by atoms with Crippen LogP contribution in [0.25, 0.3) is 5.76 Å². The SMILES string of the molecule is Cc1cc(/C(O)=C2/C(=O)C(=O)N(Cc3ccco3)C2c2ccc(OCc3ccccc3)cc2)ccc1OCC(C)C. The van der Waals surface area contributed by atoms with E-state index in [1.807, 2.05) is 49.4 Å². The molecule has 1 saturated heterocycles. The standard InChI is InChI=1S/C34H33NO6/c1-22(2)20-41-29-16-13-26(18-23(29)3)32(36)30-31(35(34(38)33(30)37)19-28-10-7-17-39-28)25-11-14-27(15-12-25)40-21-24-8-5-4-6-9-24/h4-18,22,31,36H,19-21H2,1-3H3/b32-30-. The molecule has 1 aliphatic heterocycles. The molecule has 1 amide bonds. The van der Waals surface area contributed by atoms with Crippen LogP contribution >= 0.6 is 0 Å². The molecule has 41 heavy (non-hydrogen) atoms. The van der Waals surface area contributed by atoms with Gasteiger partial charge in [0.05, 0.1) is 31.0 Å². The Kier molecular flexibility index (Phi) is 8.24. The van der Waals surface area contributed by atoms with E-state index in [4.69, 9.17) is 13.9 Å². The molecule has 7 nitrogen and oxygen atoms in total. The zero-order chi connectivity index (χ0) is 28.9. The number of benzene rings is 3. The Labute approximate surface area is 239 Å². The van der Waals surface area contributed by atoms with Crippen LogP contribution in [0.15, 0.2) is 101 Å². The Morgan fingerprint density at radius 1 is 0.951 bits per heavy atom. The number of carbonyl (C=O) groups excluding carboxylic acids is 2. The van der Waals surface area contributed by atoms with E-state index in [2.05, 4.69) is 13.8 Å². The van der Waals surface area contributed by atoms with Gasteiger partial charge in [0.2, 0.25) is 0 Å².